The van der Waals surface area contributed by atoms with Crippen LogP contribution in [0.2, 0.25) is 5.02 Å². The molecule has 2 nitrogen and oxygen atoms in total. The predicted molar refractivity (Wildman–Crippen MR) is 79.0 cm³/mol. The largest absolute Gasteiger partial charge is 0.394 e. The van der Waals surface area contributed by atoms with Gasteiger partial charge in [-0.05, 0) is 45.8 Å². The van der Waals surface area contributed by atoms with Crippen molar-refractivity contribution in [2.75, 3.05) is 11.9 Å². The Hall–Kier alpha value is -1.10. The van der Waals surface area contributed by atoms with Crippen LogP contribution in [0.3, 0.4) is 0 Å². The predicted octanol–water partition coefficient (Wildman–Crippen LogP) is 4.39. The summed E-state index contributed by atoms with van der Waals surface area (Å²) in [5.41, 5.74) is 1.47. The molecule has 5 heteroatoms. The van der Waals surface area contributed by atoms with Crippen molar-refractivity contribution in [3.8, 4) is 0 Å². The zero-order chi connectivity index (χ0) is 13.8. The lowest BCUT2D eigenvalue weighted by molar-refractivity contribution is 0.276. The van der Waals surface area contributed by atoms with Gasteiger partial charge in [0.15, 0.2) is 0 Å². The van der Waals surface area contributed by atoms with E-state index in [1.807, 2.05) is 24.3 Å². The van der Waals surface area contributed by atoms with Gasteiger partial charge in [-0.1, -0.05) is 29.8 Å². The smallest absolute Gasteiger partial charge is 0.142 e. The molecule has 0 aliphatic carbocycles. The summed E-state index contributed by atoms with van der Waals surface area (Å²) in [5, 5.41) is 12.7. The van der Waals surface area contributed by atoms with Crippen molar-refractivity contribution in [2.45, 2.75) is 6.04 Å². The minimum absolute atomic E-state index is 0.0707. The third-order valence-electron chi connectivity index (χ3n) is 2.73. The molecule has 0 fully saturated rings. The van der Waals surface area contributed by atoms with Gasteiger partial charge in [0.2, 0.25) is 0 Å². The molecule has 0 saturated carbocycles. The first kappa shape index (κ1) is 14.3. The molecule has 1 unspecified atom stereocenters. The zero-order valence-electron chi connectivity index (χ0n) is 9.91. The summed E-state index contributed by atoms with van der Waals surface area (Å²) in [6.07, 6.45) is 0. The molecule has 19 heavy (non-hydrogen) atoms. The summed E-state index contributed by atoms with van der Waals surface area (Å²) >= 11 is 9.06. The van der Waals surface area contributed by atoms with Gasteiger partial charge in [-0.25, -0.2) is 4.39 Å². The van der Waals surface area contributed by atoms with Crippen molar-refractivity contribution >= 4 is 33.2 Å². The number of para-hydroxylation sites is 1. The fourth-order valence-corrected chi connectivity index (χ4v) is 2.25. The van der Waals surface area contributed by atoms with E-state index in [2.05, 4.69) is 21.2 Å². The maximum atomic E-state index is 13.4. The Balaban J connectivity index is 2.25. The molecule has 0 heterocycles. The van der Waals surface area contributed by atoms with Gasteiger partial charge in [-0.3, -0.25) is 0 Å². The number of aliphatic hydroxyl groups excluding tert-OH is 1. The van der Waals surface area contributed by atoms with Crippen molar-refractivity contribution < 1.29 is 9.50 Å². The molecule has 1 atom stereocenters. The monoisotopic (exact) mass is 343 g/mol. The Bertz CT molecular complexity index is 579. The first-order chi connectivity index (χ1) is 9.11. The minimum Gasteiger partial charge on any atom is -0.394 e. The lowest BCUT2D eigenvalue weighted by Gasteiger charge is -2.19. The average molecular weight is 345 g/mol. The van der Waals surface area contributed by atoms with Gasteiger partial charge in [0.05, 0.1) is 17.7 Å². The molecule has 0 radical (unpaired) electrons. The number of anilines is 1. The van der Waals surface area contributed by atoms with Crippen LogP contribution in [0.5, 0.6) is 0 Å². The molecule has 0 saturated heterocycles. The third kappa shape index (κ3) is 3.47. The Kier molecular flexibility index (Phi) is 4.80. The lowest BCUT2D eigenvalue weighted by atomic mass is 10.1. The molecular weight excluding hydrogens is 333 g/mol. The summed E-state index contributed by atoms with van der Waals surface area (Å²) in [6, 6.07) is 11.6. The van der Waals surface area contributed by atoms with Crippen LogP contribution in [-0.4, -0.2) is 11.7 Å². The van der Waals surface area contributed by atoms with Gasteiger partial charge in [-0.2, -0.15) is 0 Å². The summed E-state index contributed by atoms with van der Waals surface area (Å²) in [7, 11) is 0. The Morgan fingerprint density at radius 2 is 2.00 bits per heavy atom. The molecule has 0 amide bonds. The van der Waals surface area contributed by atoms with Gasteiger partial charge in [0, 0.05) is 10.2 Å². The second kappa shape index (κ2) is 6.37. The molecule has 0 bridgehead atoms. The number of rotatable bonds is 4. The minimum atomic E-state index is -0.494. The van der Waals surface area contributed by atoms with Crippen molar-refractivity contribution in [1.82, 2.24) is 0 Å². The van der Waals surface area contributed by atoms with E-state index in [4.69, 9.17) is 11.6 Å². The van der Waals surface area contributed by atoms with E-state index in [9.17, 15) is 9.50 Å². The molecule has 2 N–H and O–H groups in total. The number of hydrogen-bond donors (Lipinski definition) is 2. The first-order valence-electron chi connectivity index (χ1n) is 5.68. The first-order valence-corrected chi connectivity index (χ1v) is 6.86. The Morgan fingerprint density at radius 1 is 1.26 bits per heavy atom. The van der Waals surface area contributed by atoms with Gasteiger partial charge >= 0.3 is 0 Å². The molecule has 2 aromatic carbocycles. The van der Waals surface area contributed by atoms with E-state index >= 15 is 0 Å². The molecule has 0 aliphatic heterocycles. The van der Waals surface area contributed by atoms with Crippen molar-refractivity contribution in [2.24, 2.45) is 0 Å². The number of nitrogens with one attached hydrogen (secondary N) is 1. The maximum absolute atomic E-state index is 13.4. The Labute approximate surface area is 124 Å². The normalized spacial score (nSPS) is 12.2. The van der Waals surface area contributed by atoms with Gasteiger partial charge in [-0.15, -0.1) is 0 Å². The van der Waals surface area contributed by atoms with Gasteiger partial charge in [0.25, 0.3) is 0 Å². The highest BCUT2D eigenvalue weighted by Crippen LogP contribution is 2.27. The summed E-state index contributed by atoms with van der Waals surface area (Å²) < 4.78 is 14.3. The van der Waals surface area contributed by atoms with Crippen LogP contribution in [0.1, 0.15) is 11.6 Å². The molecule has 100 valence electrons. The van der Waals surface area contributed by atoms with E-state index in [0.29, 0.717) is 5.56 Å². The number of benzene rings is 2. The second-order valence-corrected chi connectivity index (χ2v) is 5.29. The highest BCUT2D eigenvalue weighted by Gasteiger charge is 2.13. The van der Waals surface area contributed by atoms with E-state index in [-0.39, 0.29) is 11.6 Å². The lowest BCUT2D eigenvalue weighted by Crippen LogP contribution is -2.15. The molecule has 2 aromatic rings. The van der Waals surface area contributed by atoms with Crippen LogP contribution in [0.25, 0.3) is 0 Å². The Morgan fingerprint density at radius 3 is 2.63 bits per heavy atom. The number of halogens is 3. The quantitative estimate of drug-likeness (QED) is 0.862. The fraction of sp³-hybridized carbons (Fsp3) is 0.143. The SMILES string of the molecule is OCC(Nc1ccccc1Br)c1ccc(Cl)c(F)c1. The molecule has 0 aliphatic rings. The van der Waals surface area contributed by atoms with E-state index in [1.165, 1.54) is 12.1 Å². The van der Waals surface area contributed by atoms with Crippen LogP contribution in [-0.2, 0) is 0 Å². The standard InChI is InChI=1S/C14H12BrClFNO/c15-10-3-1-2-4-13(10)18-14(8-19)9-5-6-11(16)12(17)7-9/h1-7,14,18-19H,8H2. The summed E-state index contributed by atoms with van der Waals surface area (Å²) in [5.74, 6) is -0.494. The van der Waals surface area contributed by atoms with Gasteiger partial charge < -0.3 is 10.4 Å². The van der Waals surface area contributed by atoms with Crippen LogP contribution < -0.4 is 5.32 Å². The number of aliphatic hydroxyl groups is 1. The van der Waals surface area contributed by atoms with Crippen molar-refractivity contribution in [3.63, 3.8) is 0 Å². The van der Waals surface area contributed by atoms with E-state index < -0.39 is 11.9 Å². The second-order valence-electron chi connectivity index (χ2n) is 4.03. The molecule has 2 rings (SSSR count). The van der Waals surface area contributed by atoms with Crippen LogP contribution in [0.4, 0.5) is 10.1 Å². The summed E-state index contributed by atoms with van der Waals surface area (Å²) in [6.45, 7) is -0.150. The molecule has 0 aromatic heterocycles. The number of hydrogen-bond acceptors (Lipinski definition) is 2. The van der Waals surface area contributed by atoms with E-state index in [1.54, 1.807) is 6.07 Å². The van der Waals surface area contributed by atoms with Crippen molar-refractivity contribution in [3.05, 3.63) is 63.3 Å². The topological polar surface area (TPSA) is 32.3 Å². The van der Waals surface area contributed by atoms with Crippen LogP contribution in [0, 0.1) is 5.82 Å². The molecule has 0 spiro atoms. The summed E-state index contributed by atoms with van der Waals surface area (Å²) in [4.78, 5) is 0. The highest BCUT2D eigenvalue weighted by molar-refractivity contribution is 9.10. The van der Waals surface area contributed by atoms with Crippen molar-refractivity contribution in [1.29, 1.82) is 0 Å². The van der Waals surface area contributed by atoms with E-state index in [0.717, 1.165) is 10.2 Å². The zero-order valence-corrected chi connectivity index (χ0v) is 12.2. The molecular formula is C14H12BrClFNO. The third-order valence-corrected chi connectivity index (χ3v) is 3.73. The highest BCUT2D eigenvalue weighted by atomic mass is 79.9. The van der Waals surface area contributed by atoms with Crippen LogP contribution >= 0.6 is 27.5 Å². The van der Waals surface area contributed by atoms with Crippen LogP contribution in [0.15, 0.2) is 46.9 Å². The average Bonchev–Trinajstić information content (AvgIpc) is 2.41. The van der Waals surface area contributed by atoms with Gasteiger partial charge in [0.1, 0.15) is 5.82 Å². The fourth-order valence-electron chi connectivity index (χ4n) is 1.73. The maximum Gasteiger partial charge on any atom is 0.142 e.